The Kier molecular flexibility index (Phi) is 5.59. The van der Waals surface area contributed by atoms with Crippen LogP contribution < -0.4 is 0 Å². The number of furan rings is 1. The Morgan fingerprint density at radius 2 is 2.19 bits per heavy atom. The van der Waals surface area contributed by atoms with Crippen LogP contribution in [0.3, 0.4) is 0 Å². The molecule has 1 unspecified atom stereocenters. The van der Waals surface area contributed by atoms with Crippen molar-refractivity contribution >= 4 is 5.91 Å². The third-order valence-corrected chi connectivity index (χ3v) is 5.55. The zero-order valence-electron chi connectivity index (χ0n) is 15.8. The van der Waals surface area contributed by atoms with Crippen molar-refractivity contribution in [2.24, 2.45) is 5.92 Å². The molecule has 0 bridgehead atoms. The van der Waals surface area contributed by atoms with E-state index in [9.17, 15) is 4.79 Å². The van der Waals surface area contributed by atoms with Gasteiger partial charge in [0.2, 0.25) is 0 Å². The molecule has 2 aliphatic rings. The highest BCUT2D eigenvalue weighted by atomic mass is 16.5. The maximum atomic E-state index is 12.9. The molecule has 7 nitrogen and oxygen atoms in total. The van der Waals surface area contributed by atoms with Crippen LogP contribution in [0.5, 0.6) is 0 Å². The first-order valence-electron chi connectivity index (χ1n) is 9.73. The van der Waals surface area contributed by atoms with Gasteiger partial charge < -0.3 is 18.8 Å². The summed E-state index contributed by atoms with van der Waals surface area (Å²) in [5.74, 6) is 1.28. The van der Waals surface area contributed by atoms with E-state index in [1.807, 2.05) is 28.8 Å². The van der Waals surface area contributed by atoms with Crippen molar-refractivity contribution in [2.45, 2.75) is 38.8 Å². The molecule has 0 saturated carbocycles. The molecule has 4 heterocycles. The number of rotatable bonds is 6. The quantitative estimate of drug-likeness (QED) is 0.728. The van der Waals surface area contributed by atoms with Gasteiger partial charge in [-0.1, -0.05) is 0 Å². The predicted octanol–water partition coefficient (Wildman–Crippen LogP) is 2.81. The zero-order chi connectivity index (χ0) is 18.6. The van der Waals surface area contributed by atoms with Gasteiger partial charge >= 0.3 is 0 Å². The molecule has 0 aromatic carbocycles. The SMILES string of the molecule is Cc1occc1C(=O)N1Cc2ccnn2C(CCOCC2CCOCC2)C1. The van der Waals surface area contributed by atoms with E-state index < -0.39 is 0 Å². The number of aromatic nitrogens is 2. The van der Waals surface area contributed by atoms with Gasteiger partial charge in [0.25, 0.3) is 5.91 Å². The van der Waals surface area contributed by atoms with E-state index in [0.29, 0.717) is 36.9 Å². The molecule has 4 rings (SSSR count). The van der Waals surface area contributed by atoms with Crippen molar-refractivity contribution in [1.82, 2.24) is 14.7 Å². The number of carbonyl (C=O) groups is 1. The summed E-state index contributed by atoms with van der Waals surface area (Å²) in [5.41, 5.74) is 1.70. The van der Waals surface area contributed by atoms with Gasteiger partial charge in [-0.2, -0.15) is 5.10 Å². The summed E-state index contributed by atoms with van der Waals surface area (Å²) >= 11 is 0. The molecule has 27 heavy (non-hydrogen) atoms. The molecule has 0 N–H and O–H groups in total. The minimum Gasteiger partial charge on any atom is -0.469 e. The Labute approximate surface area is 159 Å². The van der Waals surface area contributed by atoms with Crippen LogP contribution in [0.4, 0.5) is 0 Å². The summed E-state index contributed by atoms with van der Waals surface area (Å²) in [7, 11) is 0. The Morgan fingerprint density at radius 3 is 2.96 bits per heavy atom. The second-order valence-electron chi connectivity index (χ2n) is 7.42. The third-order valence-electron chi connectivity index (χ3n) is 5.55. The highest BCUT2D eigenvalue weighted by molar-refractivity contribution is 5.95. The van der Waals surface area contributed by atoms with Gasteiger partial charge in [0.15, 0.2) is 0 Å². The monoisotopic (exact) mass is 373 g/mol. The topological polar surface area (TPSA) is 69.7 Å². The van der Waals surface area contributed by atoms with E-state index >= 15 is 0 Å². The summed E-state index contributed by atoms with van der Waals surface area (Å²) in [6, 6.07) is 3.86. The van der Waals surface area contributed by atoms with E-state index in [4.69, 9.17) is 13.9 Å². The lowest BCUT2D eigenvalue weighted by atomic mass is 10.0. The molecule has 0 aliphatic carbocycles. The number of carbonyl (C=O) groups excluding carboxylic acids is 1. The van der Waals surface area contributed by atoms with Crippen LogP contribution in [0.2, 0.25) is 0 Å². The molecular weight excluding hydrogens is 346 g/mol. The molecule has 7 heteroatoms. The van der Waals surface area contributed by atoms with Crippen LogP contribution in [0.15, 0.2) is 29.0 Å². The molecule has 2 aromatic rings. The number of hydrogen-bond acceptors (Lipinski definition) is 5. The van der Waals surface area contributed by atoms with Crippen molar-refractivity contribution in [3.8, 4) is 0 Å². The smallest absolute Gasteiger partial charge is 0.257 e. The first-order valence-corrected chi connectivity index (χ1v) is 9.73. The molecule has 1 saturated heterocycles. The fourth-order valence-electron chi connectivity index (χ4n) is 3.92. The summed E-state index contributed by atoms with van der Waals surface area (Å²) in [4.78, 5) is 14.8. The van der Waals surface area contributed by atoms with Crippen molar-refractivity contribution in [3.05, 3.63) is 41.6 Å². The highest BCUT2D eigenvalue weighted by Crippen LogP contribution is 2.25. The number of ether oxygens (including phenoxy) is 2. The minimum atomic E-state index is 0.0156. The van der Waals surface area contributed by atoms with Crippen molar-refractivity contribution in [3.63, 3.8) is 0 Å². The standard InChI is InChI=1S/C20H27N3O4/c1-15-19(6-11-27-15)20(24)22-12-17-2-7-21-23(17)18(13-22)5-10-26-14-16-3-8-25-9-4-16/h2,6-7,11,16,18H,3-5,8-10,12-14H2,1H3. The Bertz CT molecular complexity index is 763. The van der Waals surface area contributed by atoms with Crippen LogP contribution in [0, 0.1) is 12.8 Å². The third kappa shape index (κ3) is 4.09. The molecule has 1 fully saturated rings. The van der Waals surface area contributed by atoms with Crippen LogP contribution in [0.25, 0.3) is 0 Å². The summed E-state index contributed by atoms with van der Waals surface area (Å²) in [6.45, 7) is 6.19. The highest BCUT2D eigenvalue weighted by Gasteiger charge is 2.30. The van der Waals surface area contributed by atoms with Gasteiger partial charge in [-0.15, -0.1) is 0 Å². The molecule has 0 spiro atoms. The number of fused-ring (bicyclic) bond motifs is 1. The van der Waals surface area contributed by atoms with E-state index in [-0.39, 0.29) is 11.9 Å². The molecule has 1 amide bonds. The van der Waals surface area contributed by atoms with Crippen LogP contribution in [-0.4, -0.2) is 53.6 Å². The molecule has 2 aliphatic heterocycles. The number of nitrogens with zero attached hydrogens (tertiary/aromatic N) is 3. The van der Waals surface area contributed by atoms with E-state index in [2.05, 4.69) is 5.10 Å². The molecule has 1 atom stereocenters. The lowest BCUT2D eigenvalue weighted by molar-refractivity contribution is 0.0156. The molecule has 146 valence electrons. The molecular formula is C20H27N3O4. The Hall–Kier alpha value is -2.12. The van der Waals surface area contributed by atoms with Gasteiger partial charge in [0, 0.05) is 39.2 Å². The Balaban J connectivity index is 1.35. The normalized spacial score (nSPS) is 20.6. The van der Waals surface area contributed by atoms with Crippen LogP contribution in [-0.2, 0) is 16.0 Å². The second-order valence-corrected chi connectivity index (χ2v) is 7.42. The maximum Gasteiger partial charge on any atom is 0.257 e. The zero-order valence-corrected chi connectivity index (χ0v) is 15.8. The number of aryl methyl sites for hydroxylation is 1. The van der Waals surface area contributed by atoms with Crippen molar-refractivity contribution in [2.75, 3.05) is 33.0 Å². The Morgan fingerprint density at radius 1 is 1.33 bits per heavy atom. The summed E-state index contributed by atoms with van der Waals surface area (Å²) in [5, 5.41) is 4.47. The van der Waals surface area contributed by atoms with Gasteiger partial charge in [0.1, 0.15) is 5.76 Å². The van der Waals surface area contributed by atoms with Crippen LogP contribution in [0.1, 0.15) is 47.1 Å². The average molecular weight is 373 g/mol. The number of hydrogen-bond donors (Lipinski definition) is 0. The lowest BCUT2D eigenvalue weighted by Crippen LogP contribution is -2.41. The maximum absolute atomic E-state index is 12.9. The lowest BCUT2D eigenvalue weighted by Gasteiger charge is -2.34. The van der Waals surface area contributed by atoms with E-state index in [1.165, 1.54) is 0 Å². The number of amides is 1. The van der Waals surface area contributed by atoms with Crippen LogP contribution >= 0.6 is 0 Å². The first kappa shape index (κ1) is 18.3. The first-order chi connectivity index (χ1) is 13.2. The summed E-state index contributed by atoms with van der Waals surface area (Å²) in [6.07, 6.45) is 6.38. The van der Waals surface area contributed by atoms with E-state index in [1.54, 1.807) is 12.3 Å². The molecule has 2 aromatic heterocycles. The average Bonchev–Trinajstić information content (AvgIpc) is 3.34. The largest absolute Gasteiger partial charge is 0.469 e. The van der Waals surface area contributed by atoms with Gasteiger partial charge in [-0.3, -0.25) is 9.48 Å². The van der Waals surface area contributed by atoms with Crippen molar-refractivity contribution in [1.29, 1.82) is 0 Å². The van der Waals surface area contributed by atoms with E-state index in [0.717, 1.165) is 44.8 Å². The van der Waals surface area contributed by atoms with Gasteiger partial charge in [-0.05, 0) is 44.2 Å². The fourth-order valence-corrected chi connectivity index (χ4v) is 3.92. The minimum absolute atomic E-state index is 0.0156. The second kappa shape index (κ2) is 8.27. The fraction of sp³-hybridized carbons (Fsp3) is 0.600. The van der Waals surface area contributed by atoms with Gasteiger partial charge in [0.05, 0.1) is 30.1 Å². The van der Waals surface area contributed by atoms with Crippen molar-refractivity contribution < 1.29 is 18.7 Å². The predicted molar refractivity (Wildman–Crippen MR) is 98.4 cm³/mol. The molecule has 0 radical (unpaired) electrons. The van der Waals surface area contributed by atoms with Gasteiger partial charge in [-0.25, -0.2) is 0 Å². The summed E-state index contributed by atoms with van der Waals surface area (Å²) < 4.78 is 18.7.